The average molecular weight is 184 g/mol. The second kappa shape index (κ2) is 4.61. The summed E-state index contributed by atoms with van der Waals surface area (Å²) >= 11 is 0. The van der Waals surface area contributed by atoms with E-state index < -0.39 is 0 Å². The molecular weight excluding hydrogens is 164 g/mol. The Morgan fingerprint density at radius 3 is 2.85 bits per heavy atom. The van der Waals surface area contributed by atoms with Crippen LogP contribution in [0, 0.1) is 5.92 Å². The number of carbonyl (C=O) groups is 1. The van der Waals surface area contributed by atoms with Gasteiger partial charge in [-0.2, -0.15) is 0 Å². The molecule has 1 heterocycles. The highest BCUT2D eigenvalue weighted by molar-refractivity contribution is 5.75. The van der Waals surface area contributed by atoms with Gasteiger partial charge < -0.3 is 10.2 Å². The fraction of sp³-hybridized carbons (Fsp3) is 0.900. The van der Waals surface area contributed by atoms with Crippen molar-refractivity contribution in [1.82, 2.24) is 10.2 Å². The van der Waals surface area contributed by atoms with Crippen LogP contribution in [0.25, 0.3) is 0 Å². The summed E-state index contributed by atoms with van der Waals surface area (Å²) in [4.78, 5) is 13.4. The van der Waals surface area contributed by atoms with E-state index in [-0.39, 0.29) is 5.91 Å². The maximum absolute atomic E-state index is 11.4. The van der Waals surface area contributed by atoms with E-state index in [0.29, 0.717) is 18.4 Å². The van der Waals surface area contributed by atoms with Gasteiger partial charge in [-0.05, 0) is 19.4 Å². The second-order valence-electron chi connectivity index (χ2n) is 3.85. The van der Waals surface area contributed by atoms with E-state index in [1.165, 1.54) is 0 Å². The summed E-state index contributed by atoms with van der Waals surface area (Å²) in [6.45, 7) is 5.99. The van der Waals surface area contributed by atoms with Gasteiger partial charge in [0.2, 0.25) is 5.91 Å². The SMILES string of the molecule is CCC(=O)N1CCC(C)C(NC)C1. The molecule has 0 spiro atoms. The van der Waals surface area contributed by atoms with Crippen molar-refractivity contribution in [2.75, 3.05) is 20.1 Å². The van der Waals surface area contributed by atoms with Crippen molar-refractivity contribution in [2.45, 2.75) is 32.7 Å². The maximum atomic E-state index is 11.4. The van der Waals surface area contributed by atoms with Crippen molar-refractivity contribution in [3.63, 3.8) is 0 Å². The van der Waals surface area contributed by atoms with Gasteiger partial charge in [-0.25, -0.2) is 0 Å². The molecule has 2 atom stereocenters. The first-order valence-electron chi connectivity index (χ1n) is 5.14. The molecule has 2 unspecified atom stereocenters. The van der Waals surface area contributed by atoms with Gasteiger partial charge >= 0.3 is 0 Å². The molecule has 1 fully saturated rings. The van der Waals surface area contributed by atoms with E-state index in [4.69, 9.17) is 0 Å². The molecule has 0 aromatic carbocycles. The van der Waals surface area contributed by atoms with Crippen LogP contribution in [0.3, 0.4) is 0 Å². The molecule has 1 amide bonds. The Labute approximate surface area is 80.5 Å². The predicted octanol–water partition coefficient (Wildman–Crippen LogP) is 0.853. The van der Waals surface area contributed by atoms with Crippen molar-refractivity contribution in [1.29, 1.82) is 0 Å². The number of amides is 1. The standard InChI is InChI=1S/C10H20N2O/c1-4-10(13)12-6-5-8(2)9(7-12)11-3/h8-9,11H,4-7H2,1-3H3. The van der Waals surface area contributed by atoms with Crippen LogP contribution in [0.5, 0.6) is 0 Å². The van der Waals surface area contributed by atoms with E-state index in [1.807, 2.05) is 18.9 Å². The van der Waals surface area contributed by atoms with Crippen molar-refractivity contribution in [2.24, 2.45) is 5.92 Å². The summed E-state index contributed by atoms with van der Waals surface area (Å²) in [6.07, 6.45) is 1.75. The maximum Gasteiger partial charge on any atom is 0.222 e. The lowest BCUT2D eigenvalue weighted by atomic mass is 9.93. The zero-order chi connectivity index (χ0) is 9.84. The van der Waals surface area contributed by atoms with Gasteiger partial charge in [0.1, 0.15) is 0 Å². The van der Waals surface area contributed by atoms with Crippen molar-refractivity contribution >= 4 is 5.91 Å². The van der Waals surface area contributed by atoms with Crippen LogP contribution in [0.1, 0.15) is 26.7 Å². The third-order valence-electron chi connectivity index (χ3n) is 2.98. The number of hydrogen-bond donors (Lipinski definition) is 1. The van der Waals surface area contributed by atoms with E-state index >= 15 is 0 Å². The van der Waals surface area contributed by atoms with Crippen LogP contribution in [-0.4, -0.2) is 37.0 Å². The average Bonchev–Trinajstić information content (AvgIpc) is 2.17. The third kappa shape index (κ3) is 2.44. The highest BCUT2D eigenvalue weighted by Gasteiger charge is 2.26. The van der Waals surface area contributed by atoms with E-state index in [9.17, 15) is 4.79 Å². The molecular formula is C10H20N2O. The summed E-state index contributed by atoms with van der Waals surface area (Å²) in [5, 5.41) is 3.27. The Kier molecular flexibility index (Phi) is 3.72. The molecule has 1 N–H and O–H groups in total. The lowest BCUT2D eigenvalue weighted by Crippen LogP contribution is -2.50. The zero-order valence-electron chi connectivity index (χ0n) is 8.84. The molecule has 0 aromatic rings. The van der Waals surface area contributed by atoms with E-state index in [2.05, 4.69) is 12.2 Å². The minimum absolute atomic E-state index is 0.284. The largest absolute Gasteiger partial charge is 0.341 e. The van der Waals surface area contributed by atoms with Crippen LogP contribution >= 0.6 is 0 Å². The Morgan fingerprint density at radius 1 is 1.62 bits per heavy atom. The molecule has 0 saturated carbocycles. The molecule has 76 valence electrons. The minimum atomic E-state index is 0.284. The first-order valence-corrected chi connectivity index (χ1v) is 5.14. The highest BCUT2D eigenvalue weighted by atomic mass is 16.2. The number of nitrogens with one attached hydrogen (secondary N) is 1. The van der Waals surface area contributed by atoms with E-state index in [0.717, 1.165) is 19.5 Å². The van der Waals surface area contributed by atoms with Crippen molar-refractivity contribution < 1.29 is 4.79 Å². The first kappa shape index (κ1) is 10.5. The van der Waals surface area contributed by atoms with Gasteiger partial charge in [0, 0.05) is 25.6 Å². The Hall–Kier alpha value is -0.570. The van der Waals surface area contributed by atoms with Gasteiger partial charge in [-0.15, -0.1) is 0 Å². The molecule has 3 heteroatoms. The quantitative estimate of drug-likeness (QED) is 0.690. The Morgan fingerprint density at radius 2 is 2.31 bits per heavy atom. The molecule has 1 aliphatic rings. The van der Waals surface area contributed by atoms with Crippen LogP contribution in [-0.2, 0) is 4.79 Å². The Bertz CT molecular complexity index is 182. The second-order valence-corrected chi connectivity index (χ2v) is 3.85. The normalized spacial score (nSPS) is 29.0. The molecule has 1 aliphatic heterocycles. The number of hydrogen-bond acceptors (Lipinski definition) is 2. The van der Waals surface area contributed by atoms with Crippen molar-refractivity contribution in [3.05, 3.63) is 0 Å². The third-order valence-corrected chi connectivity index (χ3v) is 2.98. The van der Waals surface area contributed by atoms with Gasteiger partial charge in [-0.1, -0.05) is 13.8 Å². The predicted molar refractivity (Wildman–Crippen MR) is 53.5 cm³/mol. The van der Waals surface area contributed by atoms with Gasteiger partial charge in [0.05, 0.1) is 0 Å². The number of piperidine rings is 1. The highest BCUT2D eigenvalue weighted by Crippen LogP contribution is 2.17. The number of rotatable bonds is 2. The van der Waals surface area contributed by atoms with Crippen molar-refractivity contribution in [3.8, 4) is 0 Å². The summed E-state index contributed by atoms with van der Waals surface area (Å²) < 4.78 is 0. The number of likely N-dealkylation sites (tertiary alicyclic amines) is 1. The topological polar surface area (TPSA) is 32.3 Å². The smallest absolute Gasteiger partial charge is 0.222 e. The van der Waals surface area contributed by atoms with Gasteiger partial charge in [0.25, 0.3) is 0 Å². The van der Waals surface area contributed by atoms with Crippen LogP contribution in [0.4, 0.5) is 0 Å². The summed E-state index contributed by atoms with van der Waals surface area (Å²) in [5.41, 5.74) is 0. The van der Waals surface area contributed by atoms with Crippen LogP contribution < -0.4 is 5.32 Å². The fourth-order valence-corrected chi connectivity index (χ4v) is 1.90. The molecule has 1 saturated heterocycles. The number of carbonyl (C=O) groups excluding carboxylic acids is 1. The van der Waals surface area contributed by atoms with Crippen LogP contribution in [0.15, 0.2) is 0 Å². The number of nitrogens with zero attached hydrogens (tertiary/aromatic N) is 1. The molecule has 3 nitrogen and oxygen atoms in total. The summed E-state index contributed by atoms with van der Waals surface area (Å²) in [7, 11) is 1.97. The summed E-state index contributed by atoms with van der Waals surface area (Å²) in [6, 6.07) is 0.476. The molecule has 0 bridgehead atoms. The minimum Gasteiger partial charge on any atom is -0.341 e. The molecule has 0 aromatic heterocycles. The number of likely N-dealkylation sites (N-methyl/N-ethyl adjacent to an activating group) is 1. The van der Waals surface area contributed by atoms with Gasteiger partial charge in [0.15, 0.2) is 0 Å². The Balaban J connectivity index is 2.49. The lowest BCUT2D eigenvalue weighted by molar-refractivity contribution is -0.132. The molecule has 1 rings (SSSR count). The molecule has 0 radical (unpaired) electrons. The molecule has 0 aliphatic carbocycles. The monoisotopic (exact) mass is 184 g/mol. The van der Waals surface area contributed by atoms with Gasteiger partial charge in [-0.3, -0.25) is 4.79 Å². The first-order chi connectivity index (χ1) is 6.19. The van der Waals surface area contributed by atoms with E-state index in [1.54, 1.807) is 0 Å². The fourth-order valence-electron chi connectivity index (χ4n) is 1.90. The lowest BCUT2D eigenvalue weighted by Gasteiger charge is -2.36. The summed E-state index contributed by atoms with van der Waals surface area (Å²) in [5.74, 6) is 0.970. The zero-order valence-corrected chi connectivity index (χ0v) is 8.84. The van der Waals surface area contributed by atoms with Crippen LogP contribution in [0.2, 0.25) is 0 Å². The molecule has 13 heavy (non-hydrogen) atoms.